The van der Waals surface area contributed by atoms with E-state index in [1.54, 1.807) is 6.92 Å². The molecule has 1 aliphatic rings. The van der Waals surface area contributed by atoms with E-state index in [4.69, 9.17) is 25.8 Å². The van der Waals surface area contributed by atoms with Gasteiger partial charge in [0, 0.05) is 6.04 Å². The lowest BCUT2D eigenvalue weighted by atomic mass is 9.86. The third-order valence-corrected chi connectivity index (χ3v) is 5.05. The number of urea groups is 1. The summed E-state index contributed by atoms with van der Waals surface area (Å²) >= 11 is 6.13. The molecular weight excluding hydrogens is 400 g/mol. The molecule has 1 aromatic rings. The Hall–Kier alpha value is -2.48. The van der Waals surface area contributed by atoms with E-state index in [0.29, 0.717) is 18.3 Å². The Labute approximate surface area is 175 Å². The number of methoxy groups -OCH3 is 1. The molecule has 0 spiro atoms. The third kappa shape index (κ3) is 6.52. The van der Waals surface area contributed by atoms with Gasteiger partial charge < -0.3 is 19.5 Å². The van der Waals surface area contributed by atoms with E-state index in [9.17, 15) is 14.4 Å². The van der Waals surface area contributed by atoms with E-state index in [-0.39, 0.29) is 22.4 Å². The molecular formula is C20H27ClN2O6. The summed E-state index contributed by atoms with van der Waals surface area (Å²) in [5.41, 5.74) is 0.101. The first kappa shape index (κ1) is 22.8. The van der Waals surface area contributed by atoms with Gasteiger partial charge in [-0.05, 0) is 37.8 Å². The zero-order chi connectivity index (χ0) is 21.4. The summed E-state index contributed by atoms with van der Waals surface area (Å²) in [4.78, 5) is 36.1. The quantitative estimate of drug-likeness (QED) is 0.648. The number of ether oxygens (including phenoxy) is 3. The summed E-state index contributed by atoms with van der Waals surface area (Å²) in [7, 11) is 1.42. The molecule has 1 aromatic carbocycles. The van der Waals surface area contributed by atoms with Crippen molar-refractivity contribution in [2.24, 2.45) is 5.92 Å². The summed E-state index contributed by atoms with van der Waals surface area (Å²) in [6.07, 6.45) is 4.13. The van der Waals surface area contributed by atoms with E-state index in [2.05, 4.69) is 17.6 Å². The molecule has 3 amide bonds. The molecule has 1 saturated carbocycles. The highest BCUT2D eigenvalue weighted by Crippen LogP contribution is 2.36. The summed E-state index contributed by atoms with van der Waals surface area (Å²) in [5, 5.41) is 5.16. The topological polar surface area (TPSA) is 103 Å². The number of carbonyl (C=O) groups excluding carboxylic acids is 3. The van der Waals surface area contributed by atoms with Crippen LogP contribution in [0.4, 0.5) is 4.79 Å². The number of benzene rings is 1. The maximum Gasteiger partial charge on any atom is 0.338 e. The van der Waals surface area contributed by atoms with Gasteiger partial charge in [0.1, 0.15) is 0 Å². The molecule has 0 saturated heterocycles. The van der Waals surface area contributed by atoms with Gasteiger partial charge in [0.15, 0.2) is 18.1 Å². The van der Waals surface area contributed by atoms with E-state index in [0.717, 1.165) is 25.7 Å². The van der Waals surface area contributed by atoms with Gasteiger partial charge in [0.2, 0.25) is 0 Å². The second-order valence-electron chi connectivity index (χ2n) is 6.89. The number of amides is 3. The molecule has 1 aliphatic carbocycles. The molecule has 0 heterocycles. The van der Waals surface area contributed by atoms with E-state index >= 15 is 0 Å². The smallest absolute Gasteiger partial charge is 0.338 e. The molecule has 2 rings (SSSR count). The fourth-order valence-corrected chi connectivity index (χ4v) is 3.50. The van der Waals surface area contributed by atoms with Crippen molar-refractivity contribution in [3.05, 3.63) is 22.7 Å². The van der Waals surface area contributed by atoms with Crippen molar-refractivity contribution < 1.29 is 28.6 Å². The average Bonchev–Trinajstić information content (AvgIpc) is 2.69. The largest absolute Gasteiger partial charge is 0.493 e. The number of rotatable bonds is 7. The van der Waals surface area contributed by atoms with Crippen molar-refractivity contribution in [3.63, 3.8) is 0 Å². The Balaban J connectivity index is 1.87. The maximum absolute atomic E-state index is 12.2. The van der Waals surface area contributed by atoms with Gasteiger partial charge in [-0.3, -0.25) is 10.1 Å². The lowest BCUT2D eigenvalue weighted by Gasteiger charge is -2.29. The first-order chi connectivity index (χ1) is 13.8. The van der Waals surface area contributed by atoms with Crippen molar-refractivity contribution >= 4 is 29.5 Å². The van der Waals surface area contributed by atoms with Crippen LogP contribution in [0.3, 0.4) is 0 Å². The number of imide groups is 1. The van der Waals surface area contributed by atoms with E-state index in [1.165, 1.54) is 19.2 Å². The lowest BCUT2D eigenvalue weighted by Crippen LogP contribution is -2.48. The zero-order valence-electron chi connectivity index (χ0n) is 16.9. The molecule has 2 N–H and O–H groups in total. The van der Waals surface area contributed by atoms with Gasteiger partial charge in [0.05, 0.1) is 24.3 Å². The summed E-state index contributed by atoms with van der Waals surface area (Å²) < 4.78 is 15.5. The van der Waals surface area contributed by atoms with Gasteiger partial charge in [-0.2, -0.15) is 0 Å². The minimum Gasteiger partial charge on any atom is -0.493 e. The number of carbonyl (C=O) groups is 3. The normalized spacial score (nSPS) is 18.5. The second kappa shape index (κ2) is 10.9. The van der Waals surface area contributed by atoms with Crippen LogP contribution in [-0.4, -0.2) is 44.3 Å². The highest BCUT2D eigenvalue weighted by atomic mass is 35.5. The minimum absolute atomic E-state index is 0.0394. The molecule has 29 heavy (non-hydrogen) atoms. The number of esters is 1. The number of hydrogen-bond donors (Lipinski definition) is 2. The Morgan fingerprint density at radius 3 is 2.59 bits per heavy atom. The number of nitrogens with one attached hydrogen (secondary N) is 2. The molecule has 8 nitrogen and oxygen atoms in total. The molecule has 2 atom stereocenters. The summed E-state index contributed by atoms with van der Waals surface area (Å²) in [5.74, 6) is -0.536. The average molecular weight is 427 g/mol. The van der Waals surface area contributed by atoms with Crippen LogP contribution in [0.25, 0.3) is 0 Å². The first-order valence-corrected chi connectivity index (χ1v) is 10.0. The predicted octanol–water partition coefficient (Wildman–Crippen LogP) is 3.31. The molecule has 1 fully saturated rings. The molecule has 0 aromatic heterocycles. The zero-order valence-corrected chi connectivity index (χ0v) is 17.6. The van der Waals surface area contributed by atoms with Crippen LogP contribution in [-0.2, 0) is 9.53 Å². The Kier molecular flexibility index (Phi) is 8.57. The molecule has 0 aliphatic heterocycles. The molecule has 0 bridgehead atoms. The van der Waals surface area contributed by atoms with Gasteiger partial charge in [-0.15, -0.1) is 0 Å². The van der Waals surface area contributed by atoms with Gasteiger partial charge >= 0.3 is 12.0 Å². The van der Waals surface area contributed by atoms with Gasteiger partial charge in [0.25, 0.3) is 5.91 Å². The SMILES string of the molecule is CCOc1c(Cl)cc(C(=O)OCC(=O)NC(=O)N[C@@H]2CCCC[C@@H]2C)cc1OC. The monoisotopic (exact) mass is 426 g/mol. The van der Waals surface area contributed by atoms with Crippen LogP contribution < -0.4 is 20.1 Å². The van der Waals surface area contributed by atoms with E-state index < -0.39 is 24.5 Å². The molecule has 9 heteroatoms. The highest BCUT2D eigenvalue weighted by Gasteiger charge is 2.24. The Morgan fingerprint density at radius 1 is 1.21 bits per heavy atom. The van der Waals surface area contributed by atoms with Crippen molar-refractivity contribution in [2.45, 2.75) is 45.6 Å². The van der Waals surface area contributed by atoms with Crippen molar-refractivity contribution in [1.82, 2.24) is 10.6 Å². The lowest BCUT2D eigenvalue weighted by molar-refractivity contribution is -0.123. The number of hydrogen-bond acceptors (Lipinski definition) is 6. The van der Waals surface area contributed by atoms with Gasteiger partial charge in [-0.25, -0.2) is 9.59 Å². The van der Waals surface area contributed by atoms with Crippen molar-refractivity contribution in [1.29, 1.82) is 0 Å². The fourth-order valence-electron chi connectivity index (χ4n) is 3.23. The second-order valence-corrected chi connectivity index (χ2v) is 7.30. The van der Waals surface area contributed by atoms with Crippen LogP contribution in [0.15, 0.2) is 12.1 Å². The molecule has 0 unspecified atom stereocenters. The summed E-state index contributed by atoms with van der Waals surface area (Å²) in [6, 6.07) is 2.23. The van der Waals surface area contributed by atoms with Gasteiger partial charge in [-0.1, -0.05) is 31.4 Å². The van der Waals surface area contributed by atoms with Crippen LogP contribution in [0.5, 0.6) is 11.5 Å². The third-order valence-electron chi connectivity index (χ3n) is 4.77. The van der Waals surface area contributed by atoms with Crippen molar-refractivity contribution in [2.75, 3.05) is 20.3 Å². The standard InChI is InChI=1S/C20H27ClN2O6/c1-4-28-18-14(21)9-13(10-16(18)27-3)19(25)29-11-17(24)23-20(26)22-15-8-6-5-7-12(15)2/h9-10,12,15H,4-8,11H2,1-3H3,(H2,22,23,24,26)/t12-,15+/m0/s1. The van der Waals surface area contributed by atoms with Crippen LogP contribution in [0, 0.1) is 5.92 Å². The Morgan fingerprint density at radius 2 is 1.93 bits per heavy atom. The minimum atomic E-state index is -0.773. The number of halogens is 1. The summed E-state index contributed by atoms with van der Waals surface area (Å²) in [6.45, 7) is 3.65. The van der Waals surface area contributed by atoms with Crippen LogP contribution in [0.2, 0.25) is 5.02 Å². The fraction of sp³-hybridized carbons (Fsp3) is 0.550. The maximum atomic E-state index is 12.2. The molecule has 160 valence electrons. The van der Waals surface area contributed by atoms with Crippen LogP contribution >= 0.6 is 11.6 Å². The highest BCUT2D eigenvalue weighted by molar-refractivity contribution is 6.32. The predicted molar refractivity (Wildman–Crippen MR) is 108 cm³/mol. The molecule has 0 radical (unpaired) electrons. The van der Waals surface area contributed by atoms with Crippen molar-refractivity contribution in [3.8, 4) is 11.5 Å². The Bertz CT molecular complexity index is 755. The first-order valence-electron chi connectivity index (χ1n) is 9.63. The van der Waals surface area contributed by atoms with E-state index in [1.807, 2.05) is 0 Å². The van der Waals surface area contributed by atoms with Crippen LogP contribution in [0.1, 0.15) is 49.9 Å².